The molecule has 2 N–H and O–H groups in total. The highest BCUT2D eigenvalue weighted by Crippen LogP contribution is 2.26. The van der Waals surface area contributed by atoms with Crippen molar-refractivity contribution in [2.24, 2.45) is 0 Å². The molecule has 0 bridgehead atoms. The van der Waals surface area contributed by atoms with Crippen LogP contribution in [0.1, 0.15) is 16.7 Å². The second kappa shape index (κ2) is 6.65. The van der Waals surface area contributed by atoms with Crippen LogP contribution in [0.5, 0.6) is 5.75 Å². The van der Waals surface area contributed by atoms with Gasteiger partial charge in [0.15, 0.2) is 11.4 Å². The first-order chi connectivity index (χ1) is 13.7. The van der Waals surface area contributed by atoms with Gasteiger partial charge in [0.1, 0.15) is 5.75 Å². The van der Waals surface area contributed by atoms with Gasteiger partial charge in [0.2, 0.25) is 11.8 Å². The van der Waals surface area contributed by atoms with Gasteiger partial charge >= 0.3 is 0 Å². The summed E-state index contributed by atoms with van der Waals surface area (Å²) in [5, 5.41) is 4.46. The van der Waals surface area contributed by atoms with Gasteiger partial charge in [0.05, 0.1) is 13.4 Å². The van der Waals surface area contributed by atoms with Gasteiger partial charge in [-0.3, -0.25) is 4.90 Å². The maximum atomic E-state index is 6.01. The molecule has 0 saturated heterocycles. The number of fused-ring (bicyclic) bond motifs is 2. The van der Waals surface area contributed by atoms with Crippen molar-refractivity contribution in [3.8, 4) is 17.3 Å². The van der Waals surface area contributed by atoms with Gasteiger partial charge in [-0.25, -0.2) is 9.97 Å². The molecule has 0 radical (unpaired) electrons. The normalized spacial score (nSPS) is 14.3. The summed E-state index contributed by atoms with van der Waals surface area (Å²) >= 11 is 0. The van der Waals surface area contributed by atoms with Crippen LogP contribution in [-0.2, 0) is 19.5 Å². The Bertz CT molecular complexity index is 1140. The maximum Gasteiger partial charge on any atom is 0.223 e. The Morgan fingerprint density at radius 3 is 3.00 bits per heavy atom. The molecule has 1 aromatic carbocycles. The van der Waals surface area contributed by atoms with E-state index in [4.69, 9.17) is 14.9 Å². The van der Waals surface area contributed by atoms with E-state index in [0.717, 1.165) is 30.8 Å². The summed E-state index contributed by atoms with van der Waals surface area (Å²) in [6.45, 7) is 2.53. The fraction of sp³-hybridized carbons (Fsp3) is 0.250. The van der Waals surface area contributed by atoms with Gasteiger partial charge in [0, 0.05) is 31.4 Å². The van der Waals surface area contributed by atoms with Crippen molar-refractivity contribution in [3.05, 3.63) is 59.5 Å². The lowest BCUT2D eigenvalue weighted by atomic mass is 9.99. The van der Waals surface area contributed by atoms with Crippen molar-refractivity contribution in [2.75, 3.05) is 19.4 Å². The third kappa shape index (κ3) is 2.87. The molecule has 28 heavy (non-hydrogen) atoms. The molecule has 8 nitrogen and oxygen atoms in total. The van der Waals surface area contributed by atoms with Crippen molar-refractivity contribution in [1.29, 1.82) is 0 Å². The summed E-state index contributed by atoms with van der Waals surface area (Å²) in [6, 6.07) is 9.93. The number of ether oxygens (including phenoxy) is 1. The molecule has 0 aliphatic carbocycles. The van der Waals surface area contributed by atoms with Gasteiger partial charge in [-0.05, 0) is 41.8 Å². The first kappa shape index (κ1) is 16.8. The number of aromatic nitrogens is 4. The largest absolute Gasteiger partial charge is 0.497 e. The lowest BCUT2D eigenvalue weighted by Gasteiger charge is -2.29. The molecule has 1 aliphatic heterocycles. The number of nitrogen functional groups attached to an aromatic ring is 1. The molecule has 0 unspecified atom stereocenters. The zero-order valence-electron chi connectivity index (χ0n) is 15.5. The molecule has 0 saturated carbocycles. The third-order valence-corrected chi connectivity index (χ3v) is 5.10. The van der Waals surface area contributed by atoms with Crippen LogP contribution >= 0.6 is 0 Å². The fourth-order valence-corrected chi connectivity index (χ4v) is 3.65. The molecule has 4 heterocycles. The zero-order chi connectivity index (χ0) is 19.1. The van der Waals surface area contributed by atoms with Gasteiger partial charge in [-0.1, -0.05) is 6.07 Å². The van der Waals surface area contributed by atoms with Gasteiger partial charge in [0.25, 0.3) is 0 Å². The van der Waals surface area contributed by atoms with E-state index in [1.165, 1.54) is 11.1 Å². The lowest BCUT2D eigenvalue weighted by molar-refractivity contribution is 0.245. The van der Waals surface area contributed by atoms with E-state index in [1.54, 1.807) is 24.1 Å². The Morgan fingerprint density at radius 1 is 1.25 bits per heavy atom. The topological polar surface area (TPSA) is 94.7 Å². The molecular weight excluding hydrogens is 356 g/mol. The molecular formula is C20H20N6O2. The molecule has 0 fully saturated rings. The maximum absolute atomic E-state index is 6.01. The SMILES string of the molecule is COc1ccc2c(c1)CN(Cc1cnc(N)n3nc(-c4ccco4)nc13)CC2. The number of nitrogens with zero attached hydrogens (tertiary/aromatic N) is 5. The highest BCUT2D eigenvalue weighted by atomic mass is 16.5. The van der Waals surface area contributed by atoms with Crippen LogP contribution in [0.3, 0.4) is 0 Å². The van der Waals surface area contributed by atoms with Crippen molar-refractivity contribution in [2.45, 2.75) is 19.5 Å². The van der Waals surface area contributed by atoms with E-state index >= 15 is 0 Å². The Kier molecular flexibility index (Phi) is 3.98. The highest BCUT2D eigenvalue weighted by Gasteiger charge is 2.20. The number of hydrogen-bond acceptors (Lipinski definition) is 7. The molecule has 0 atom stereocenters. The van der Waals surface area contributed by atoms with Crippen molar-refractivity contribution >= 4 is 11.6 Å². The van der Waals surface area contributed by atoms with E-state index in [9.17, 15) is 0 Å². The second-order valence-electron chi connectivity index (χ2n) is 6.89. The Hall–Kier alpha value is -3.39. The van der Waals surface area contributed by atoms with Crippen LogP contribution in [0.4, 0.5) is 5.95 Å². The summed E-state index contributed by atoms with van der Waals surface area (Å²) < 4.78 is 12.4. The summed E-state index contributed by atoms with van der Waals surface area (Å²) in [5.74, 6) is 2.29. The lowest BCUT2D eigenvalue weighted by Crippen LogP contribution is -2.30. The first-order valence-electron chi connectivity index (χ1n) is 9.13. The Balaban J connectivity index is 1.46. The average molecular weight is 376 g/mol. The van der Waals surface area contributed by atoms with E-state index in [-0.39, 0.29) is 0 Å². The smallest absolute Gasteiger partial charge is 0.223 e. The standard InChI is InChI=1S/C20H20N6O2/c1-27-16-5-4-13-6-7-25(11-14(13)9-16)12-15-10-22-20(21)26-19(15)23-18(24-26)17-3-2-8-28-17/h2-5,8-10H,6-7,11-12H2,1H3,(H2,21,22). The van der Waals surface area contributed by atoms with E-state index in [2.05, 4.69) is 32.1 Å². The predicted molar refractivity (Wildman–Crippen MR) is 104 cm³/mol. The zero-order valence-corrected chi connectivity index (χ0v) is 15.5. The number of furan rings is 1. The molecule has 5 rings (SSSR count). The van der Waals surface area contributed by atoms with Crippen molar-refractivity contribution < 1.29 is 9.15 Å². The molecule has 142 valence electrons. The number of nitrogens with two attached hydrogens (primary N) is 1. The average Bonchev–Trinajstić information content (AvgIpc) is 3.39. The van der Waals surface area contributed by atoms with Crippen molar-refractivity contribution in [1.82, 2.24) is 24.5 Å². The Labute approximate surface area is 161 Å². The summed E-state index contributed by atoms with van der Waals surface area (Å²) in [6.07, 6.45) is 4.39. The minimum atomic E-state index is 0.304. The Morgan fingerprint density at radius 2 is 2.18 bits per heavy atom. The number of methoxy groups -OCH3 is 1. The third-order valence-electron chi connectivity index (χ3n) is 5.10. The predicted octanol–water partition coefficient (Wildman–Crippen LogP) is 2.53. The summed E-state index contributed by atoms with van der Waals surface area (Å²) in [5.41, 5.74) is 10.4. The van der Waals surface area contributed by atoms with E-state index in [0.29, 0.717) is 29.7 Å². The number of benzene rings is 1. The summed E-state index contributed by atoms with van der Waals surface area (Å²) in [4.78, 5) is 11.3. The monoisotopic (exact) mass is 376 g/mol. The van der Waals surface area contributed by atoms with Crippen LogP contribution in [0.15, 0.2) is 47.2 Å². The van der Waals surface area contributed by atoms with Gasteiger partial charge < -0.3 is 14.9 Å². The number of anilines is 1. The molecule has 3 aromatic heterocycles. The van der Waals surface area contributed by atoms with Crippen LogP contribution in [0, 0.1) is 0 Å². The van der Waals surface area contributed by atoms with E-state index in [1.807, 2.05) is 18.2 Å². The second-order valence-corrected chi connectivity index (χ2v) is 6.89. The molecule has 8 heteroatoms. The van der Waals surface area contributed by atoms with Crippen LogP contribution < -0.4 is 10.5 Å². The molecule has 0 amide bonds. The molecule has 0 spiro atoms. The van der Waals surface area contributed by atoms with E-state index < -0.39 is 0 Å². The molecule has 1 aliphatic rings. The van der Waals surface area contributed by atoms with Gasteiger partial charge in [-0.2, -0.15) is 4.52 Å². The van der Waals surface area contributed by atoms with Crippen LogP contribution in [0.2, 0.25) is 0 Å². The summed E-state index contributed by atoms with van der Waals surface area (Å²) in [7, 11) is 1.70. The quantitative estimate of drug-likeness (QED) is 0.585. The number of hydrogen-bond donors (Lipinski definition) is 1. The van der Waals surface area contributed by atoms with Crippen molar-refractivity contribution in [3.63, 3.8) is 0 Å². The first-order valence-corrected chi connectivity index (χ1v) is 9.13. The number of rotatable bonds is 4. The van der Waals surface area contributed by atoms with Gasteiger partial charge in [-0.15, -0.1) is 5.10 Å². The minimum absolute atomic E-state index is 0.304. The van der Waals surface area contributed by atoms with Crippen LogP contribution in [-0.4, -0.2) is 38.1 Å². The minimum Gasteiger partial charge on any atom is -0.497 e. The van der Waals surface area contributed by atoms with Crippen LogP contribution in [0.25, 0.3) is 17.2 Å². The fourth-order valence-electron chi connectivity index (χ4n) is 3.65. The highest BCUT2D eigenvalue weighted by molar-refractivity contribution is 5.57. The molecule has 4 aromatic rings.